The lowest BCUT2D eigenvalue weighted by atomic mass is 10.2. The molecule has 2 rings (SSSR count). The summed E-state index contributed by atoms with van der Waals surface area (Å²) in [5, 5.41) is 9.78. The third-order valence-electron chi connectivity index (χ3n) is 2.58. The van der Waals surface area contributed by atoms with Gasteiger partial charge in [0.1, 0.15) is 6.10 Å². The van der Waals surface area contributed by atoms with Crippen molar-refractivity contribution in [3.63, 3.8) is 0 Å². The van der Waals surface area contributed by atoms with Gasteiger partial charge in [-0.05, 0) is 37.8 Å². The molecule has 15 heavy (non-hydrogen) atoms. The Kier molecular flexibility index (Phi) is 3.07. The molecule has 1 aromatic rings. The van der Waals surface area contributed by atoms with E-state index >= 15 is 0 Å². The number of halogens is 1. The van der Waals surface area contributed by atoms with E-state index in [0.717, 1.165) is 24.8 Å². The summed E-state index contributed by atoms with van der Waals surface area (Å²) in [7, 11) is 0. The predicted molar refractivity (Wildman–Crippen MR) is 56.1 cm³/mol. The number of nitrogens with zero attached hydrogens (tertiary/aromatic N) is 2. The molecular formula is C10H13ClN2O2. The summed E-state index contributed by atoms with van der Waals surface area (Å²) in [6.07, 6.45) is 3.72. The Labute approximate surface area is 93.3 Å². The van der Waals surface area contributed by atoms with E-state index in [9.17, 15) is 5.11 Å². The summed E-state index contributed by atoms with van der Waals surface area (Å²) in [6, 6.07) is 0. The van der Waals surface area contributed by atoms with E-state index in [1.807, 2.05) is 6.92 Å². The normalized spacial score (nSPS) is 25.5. The third kappa shape index (κ3) is 2.38. The molecule has 0 spiro atoms. The van der Waals surface area contributed by atoms with E-state index in [-0.39, 0.29) is 11.4 Å². The van der Waals surface area contributed by atoms with Crippen molar-refractivity contribution < 1.29 is 9.84 Å². The molecule has 4 nitrogen and oxygen atoms in total. The zero-order valence-corrected chi connectivity index (χ0v) is 9.24. The molecule has 1 aliphatic rings. The lowest BCUT2D eigenvalue weighted by Gasteiger charge is -2.17. The quantitative estimate of drug-likeness (QED) is 0.784. The number of aliphatic hydroxyl groups excluding tert-OH is 1. The Balaban J connectivity index is 2.12. The van der Waals surface area contributed by atoms with Gasteiger partial charge in [0.15, 0.2) is 0 Å². The summed E-state index contributed by atoms with van der Waals surface area (Å²) in [5.41, 5.74) is 0.832. The van der Waals surface area contributed by atoms with Crippen LogP contribution in [-0.4, -0.2) is 27.3 Å². The Morgan fingerprint density at radius 3 is 3.00 bits per heavy atom. The summed E-state index contributed by atoms with van der Waals surface area (Å²) in [4.78, 5) is 7.84. The molecule has 1 saturated carbocycles. The molecule has 1 fully saturated rings. The van der Waals surface area contributed by atoms with Gasteiger partial charge in [-0.1, -0.05) is 0 Å². The molecule has 1 aliphatic carbocycles. The SMILES string of the molecule is Cc1cnc(Cl)nc1O[C@H]1CCC[C@H]1O. The molecule has 82 valence electrons. The first-order valence-electron chi connectivity index (χ1n) is 5.00. The van der Waals surface area contributed by atoms with Gasteiger partial charge >= 0.3 is 0 Å². The minimum absolute atomic E-state index is 0.158. The third-order valence-corrected chi connectivity index (χ3v) is 2.76. The van der Waals surface area contributed by atoms with Gasteiger partial charge in [-0.25, -0.2) is 4.98 Å². The van der Waals surface area contributed by atoms with Crippen LogP contribution in [0.2, 0.25) is 5.28 Å². The fourth-order valence-corrected chi connectivity index (χ4v) is 1.84. The Bertz CT molecular complexity index is 359. The van der Waals surface area contributed by atoms with Crippen LogP contribution < -0.4 is 4.74 Å². The van der Waals surface area contributed by atoms with Crippen LogP contribution >= 0.6 is 11.6 Å². The van der Waals surface area contributed by atoms with E-state index in [0.29, 0.717) is 5.88 Å². The van der Waals surface area contributed by atoms with E-state index < -0.39 is 6.10 Å². The van der Waals surface area contributed by atoms with Crippen molar-refractivity contribution >= 4 is 11.6 Å². The van der Waals surface area contributed by atoms with E-state index in [4.69, 9.17) is 16.3 Å². The number of aliphatic hydroxyl groups is 1. The molecule has 1 N–H and O–H groups in total. The van der Waals surface area contributed by atoms with Crippen molar-refractivity contribution in [2.75, 3.05) is 0 Å². The average Bonchev–Trinajstić information content (AvgIpc) is 2.58. The molecule has 0 aliphatic heterocycles. The second-order valence-electron chi connectivity index (χ2n) is 3.78. The molecule has 0 aromatic carbocycles. The highest BCUT2D eigenvalue weighted by molar-refractivity contribution is 6.28. The molecule has 0 bridgehead atoms. The summed E-state index contributed by atoms with van der Waals surface area (Å²) < 4.78 is 5.61. The first kappa shape index (κ1) is 10.6. The molecule has 5 heteroatoms. The highest BCUT2D eigenvalue weighted by Gasteiger charge is 2.27. The van der Waals surface area contributed by atoms with Crippen molar-refractivity contribution in [2.45, 2.75) is 38.4 Å². The van der Waals surface area contributed by atoms with Crippen LogP contribution in [0.1, 0.15) is 24.8 Å². The molecule has 2 atom stereocenters. The lowest BCUT2D eigenvalue weighted by Crippen LogP contribution is -2.26. The maximum absolute atomic E-state index is 9.61. The van der Waals surface area contributed by atoms with Crippen LogP contribution in [0.4, 0.5) is 0 Å². The lowest BCUT2D eigenvalue weighted by molar-refractivity contribution is 0.0568. The fourth-order valence-electron chi connectivity index (χ4n) is 1.71. The van der Waals surface area contributed by atoms with E-state index in [1.54, 1.807) is 6.20 Å². The molecule has 0 unspecified atom stereocenters. The van der Waals surface area contributed by atoms with Crippen molar-refractivity contribution in [1.29, 1.82) is 0 Å². The van der Waals surface area contributed by atoms with Gasteiger partial charge in [-0.3, -0.25) is 0 Å². The van der Waals surface area contributed by atoms with Gasteiger partial charge in [0.25, 0.3) is 0 Å². The molecule has 0 amide bonds. The molecular weight excluding hydrogens is 216 g/mol. The van der Waals surface area contributed by atoms with Gasteiger partial charge in [0.05, 0.1) is 6.10 Å². The minimum atomic E-state index is -0.391. The van der Waals surface area contributed by atoms with Gasteiger partial charge in [-0.15, -0.1) is 0 Å². The van der Waals surface area contributed by atoms with Gasteiger partial charge in [0.2, 0.25) is 11.2 Å². The van der Waals surface area contributed by atoms with Crippen LogP contribution in [0.25, 0.3) is 0 Å². The van der Waals surface area contributed by atoms with Crippen molar-refractivity contribution in [3.8, 4) is 5.88 Å². The molecule has 1 heterocycles. The maximum atomic E-state index is 9.61. The van der Waals surface area contributed by atoms with E-state index in [1.165, 1.54) is 0 Å². The van der Waals surface area contributed by atoms with Crippen LogP contribution in [0.15, 0.2) is 6.20 Å². The van der Waals surface area contributed by atoms with E-state index in [2.05, 4.69) is 9.97 Å². The van der Waals surface area contributed by atoms with Crippen molar-refractivity contribution in [1.82, 2.24) is 9.97 Å². The van der Waals surface area contributed by atoms with Crippen molar-refractivity contribution in [2.24, 2.45) is 0 Å². The number of hydrogen-bond acceptors (Lipinski definition) is 4. The average molecular weight is 229 g/mol. The first-order chi connectivity index (χ1) is 7.16. The van der Waals surface area contributed by atoms with Crippen LogP contribution in [0.5, 0.6) is 5.88 Å². The summed E-state index contributed by atoms with van der Waals surface area (Å²) in [5.74, 6) is 0.473. The topological polar surface area (TPSA) is 55.2 Å². The Morgan fingerprint density at radius 2 is 2.33 bits per heavy atom. The second-order valence-corrected chi connectivity index (χ2v) is 4.12. The minimum Gasteiger partial charge on any atom is -0.471 e. The van der Waals surface area contributed by atoms with Gasteiger partial charge < -0.3 is 9.84 Å². The fraction of sp³-hybridized carbons (Fsp3) is 0.600. The maximum Gasteiger partial charge on any atom is 0.225 e. The smallest absolute Gasteiger partial charge is 0.225 e. The number of rotatable bonds is 2. The Morgan fingerprint density at radius 1 is 1.53 bits per heavy atom. The molecule has 1 aromatic heterocycles. The largest absolute Gasteiger partial charge is 0.471 e. The van der Waals surface area contributed by atoms with Crippen LogP contribution in [0.3, 0.4) is 0 Å². The highest BCUT2D eigenvalue weighted by Crippen LogP contribution is 2.25. The zero-order valence-electron chi connectivity index (χ0n) is 8.48. The van der Waals surface area contributed by atoms with Crippen LogP contribution in [-0.2, 0) is 0 Å². The van der Waals surface area contributed by atoms with Crippen LogP contribution in [0, 0.1) is 6.92 Å². The monoisotopic (exact) mass is 228 g/mol. The number of ether oxygens (including phenoxy) is 1. The van der Waals surface area contributed by atoms with Crippen molar-refractivity contribution in [3.05, 3.63) is 17.0 Å². The Hall–Kier alpha value is -0.870. The molecule has 0 saturated heterocycles. The zero-order chi connectivity index (χ0) is 10.8. The van der Waals surface area contributed by atoms with Gasteiger partial charge in [0, 0.05) is 11.8 Å². The number of hydrogen-bond donors (Lipinski definition) is 1. The standard InChI is InChI=1S/C10H13ClN2O2/c1-6-5-12-10(11)13-9(6)15-8-4-2-3-7(8)14/h5,7-8,14H,2-4H2,1H3/t7-,8+/m1/s1. The highest BCUT2D eigenvalue weighted by atomic mass is 35.5. The molecule has 0 radical (unpaired) electrons. The summed E-state index contributed by atoms with van der Waals surface area (Å²) >= 11 is 5.67. The number of aromatic nitrogens is 2. The second kappa shape index (κ2) is 4.33. The first-order valence-corrected chi connectivity index (χ1v) is 5.38. The predicted octanol–water partition coefficient (Wildman–Crippen LogP) is 1.73. The summed E-state index contributed by atoms with van der Waals surface area (Å²) in [6.45, 7) is 1.85. The number of aryl methyl sites for hydroxylation is 1. The van der Waals surface area contributed by atoms with Gasteiger partial charge in [-0.2, -0.15) is 4.98 Å².